The predicted octanol–water partition coefficient (Wildman–Crippen LogP) is 3.36. The second kappa shape index (κ2) is 3.82. The summed E-state index contributed by atoms with van der Waals surface area (Å²) in [5, 5.41) is 9.59. The molecule has 1 aromatic rings. The quantitative estimate of drug-likeness (QED) is 0.676. The summed E-state index contributed by atoms with van der Waals surface area (Å²) >= 11 is 0. The van der Waals surface area contributed by atoms with Crippen molar-refractivity contribution in [2.75, 3.05) is 0 Å². The number of benzene rings is 1. The van der Waals surface area contributed by atoms with Gasteiger partial charge in [-0.3, -0.25) is 0 Å². The first kappa shape index (κ1) is 9.25. The lowest BCUT2D eigenvalue weighted by Gasteiger charge is -2.17. The Morgan fingerprint density at radius 1 is 1.36 bits per heavy atom. The van der Waals surface area contributed by atoms with Crippen LogP contribution in [-0.2, 0) is 0 Å². The minimum atomic E-state index is -0.281. The van der Waals surface area contributed by atoms with E-state index in [4.69, 9.17) is 0 Å². The summed E-state index contributed by atoms with van der Waals surface area (Å²) in [4.78, 5) is 0. The first-order chi connectivity index (χ1) is 6.77. The van der Waals surface area contributed by atoms with Gasteiger partial charge in [0.2, 0.25) is 0 Å². The molecule has 0 bridgehead atoms. The number of phenols is 1. The van der Waals surface area contributed by atoms with E-state index in [9.17, 15) is 9.50 Å². The summed E-state index contributed by atoms with van der Waals surface area (Å²) < 4.78 is 13.0. The van der Waals surface area contributed by atoms with E-state index >= 15 is 0 Å². The zero-order valence-corrected chi connectivity index (χ0v) is 7.91. The van der Waals surface area contributed by atoms with Gasteiger partial charge >= 0.3 is 0 Å². The van der Waals surface area contributed by atoms with Crippen molar-refractivity contribution in [2.24, 2.45) is 0 Å². The smallest absolute Gasteiger partial charge is 0.123 e. The molecule has 1 aliphatic carbocycles. The Morgan fingerprint density at radius 2 is 2.21 bits per heavy atom. The second-order valence-electron chi connectivity index (χ2n) is 3.67. The van der Waals surface area contributed by atoms with Crippen molar-refractivity contribution in [3.8, 4) is 5.75 Å². The molecule has 0 aromatic heterocycles. The van der Waals surface area contributed by atoms with Crippen molar-refractivity contribution in [2.45, 2.75) is 25.2 Å². The fraction of sp³-hybridized carbons (Fsp3) is 0.333. The monoisotopic (exact) mass is 192 g/mol. The molecule has 0 aliphatic heterocycles. The van der Waals surface area contributed by atoms with Gasteiger partial charge in [0.25, 0.3) is 0 Å². The molecule has 0 heterocycles. The normalized spacial score (nSPS) is 21.1. The van der Waals surface area contributed by atoms with Gasteiger partial charge < -0.3 is 5.11 Å². The average molecular weight is 192 g/mol. The Hall–Kier alpha value is -1.31. The molecule has 74 valence electrons. The van der Waals surface area contributed by atoms with Gasteiger partial charge in [-0.25, -0.2) is 4.39 Å². The molecule has 0 unspecified atom stereocenters. The molecular formula is C12H13FO. The Kier molecular flexibility index (Phi) is 2.53. The van der Waals surface area contributed by atoms with Crippen LogP contribution in [0, 0.1) is 5.82 Å². The lowest BCUT2D eigenvalue weighted by molar-refractivity contribution is 0.458. The number of aromatic hydroxyl groups is 1. The van der Waals surface area contributed by atoms with Gasteiger partial charge in [0.15, 0.2) is 0 Å². The molecule has 14 heavy (non-hydrogen) atoms. The van der Waals surface area contributed by atoms with E-state index in [1.807, 2.05) is 0 Å². The predicted molar refractivity (Wildman–Crippen MR) is 53.8 cm³/mol. The average Bonchev–Trinajstić information content (AvgIpc) is 2.23. The first-order valence-corrected chi connectivity index (χ1v) is 4.92. The van der Waals surface area contributed by atoms with Crippen LogP contribution in [0.15, 0.2) is 30.4 Å². The highest BCUT2D eigenvalue weighted by molar-refractivity contribution is 5.38. The van der Waals surface area contributed by atoms with E-state index in [0.29, 0.717) is 5.56 Å². The minimum absolute atomic E-state index is 0.180. The molecule has 1 N–H and O–H groups in total. The van der Waals surface area contributed by atoms with Crippen LogP contribution in [0.1, 0.15) is 30.7 Å². The highest BCUT2D eigenvalue weighted by Crippen LogP contribution is 2.33. The second-order valence-corrected chi connectivity index (χ2v) is 3.67. The van der Waals surface area contributed by atoms with Crippen molar-refractivity contribution in [1.82, 2.24) is 0 Å². The molecule has 2 heteroatoms. The molecule has 0 fully saturated rings. The molecule has 2 rings (SSSR count). The lowest BCUT2D eigenvalue weighted by Crippen LogP contribution is -2.00. The third-order valence-electron chi connectivity index (χ3n) is 2.64. The third-order valence-corrected chi connectivity index (χ3v) is 2.64. The van der Waals surface area contributed by atoms with Crippen LogP contribution >= 0.6 is 0 Å². The molecule has 0 spiro atoms. The fourth-order valence-corrected chi connectivity index (χ4v) is 1.89. The van der Waals surface area contributed by atoms with Crippen LogP contribution < -0.4 is 0 Å². The maximum atomic E-state index is 13.0. The Labute approximate surface area is 82.9 Å². The number of halogens is 1. The van der Waals surface area contributed by atoms with E-state index in [2.05, 4.69) is 12.2 Å². The molecule has 0 amide bonds. The number of hydrogen-bond donors (Lipinski definition) is 1. The van der Waals surface area contributed by atoms with Crippen LogP contribution in [-0.4, -0.2) is 5.11 Å². The highest BCUT2D eigenvalue weighted by Gasteiger charge is 2.15. The van der Waals surface area contributed by atoms with Crippen molar-refractivity contribution < 1.29 is 9.50 Å². The summed E-state index contributed by atoms with van der Waals surface area (Å²) in [6.45, 7) is 0. The number of rotatable bonds is 1. The molecule has 1 atom stereocenters. The topological polar surface area (TPSA) is 20.2 Å². The van der Waals surface area contributed by atoms with Crippen molar-refractivity contribution in [1.29, 1.82) is 0 Å². The number of phenolic OH excluding ortho intramolecular Hbond substituents is 1. The van der Waals surface area contributed by atoms with Gasteiger partial charge in [0.1, 0.15) is 11.6 Å². The third kappa shape index (κ3) is 1.79. The van der Waals surface area contributed by atoms with Gasteiger partial charge in [0.05, 0.1) is 0 Å². The number of hydrogen-bond acceptors (Lipinski definition) is 1. The summed E-state index contributed by atoms with van der Waals surface area (Å²) in [6.07, 6.45) is 7.34. The first-order valence-electron chi connectivity index (χ1n) is 4.92. The van der Waals surface area contributed by atoms with Crippen molar-refractivity contribution >= 4 is 0 Å². The molecule has 0 saturated carbocycles. The van der Waals surface area contributed by atoms with E-state index in [0.717, 1.165) is 19.3 Å². The fourth-order valence-electron chi connectivity index (χ4n) is 1.89. The number of allylic oxidation sites excluding steroid dienone is 2. The van der Waals surface area contributed by atoms with Gasteiger partial charge in [-0.1, -0.05) is 12.2 Å². The van der Waals surface area contributed by atoms with Gasteiger partial charge in [0, 0.05) is 11.5 Å². The van der Waals surface area contributed by atoms with Crippen LogP contribution in [0.5, 0.6) is 5.75 Å². The standard InChI is InChI=1S/C12H13FO/c13-10-6-7-12(14)11(8-10)9-4-2-1-3-5-9/h2,4,6-9,14H,1,3,5H2/t9-/m0/s1. The van der Waals surface area contributed by atoms with E-state index < -0.39 is 0 Å². The van der Waals surface area contributed by atoms with Gasteiger partial charge in [-0.15, -0.1) is 0 Å². The zero-order valence-electron chi connectivity index (χ0n) is 7.91. The summed E-state index contributed by atoms with van der Waals surface area (Å²) in [7, 11) is 0. The van der Waals surface area contributed by atoms with E-state index in [1.165, 1.54) is 18.2 Å². The van der Waals surface area contributed by atoms with Gasteiger partial charge in [-0.05, 0) is 37.5 Å². The largest absolute Gasteiger partial charge is 0.508 e. The van der Waals surface area contributed by atoms with Crippen molar-refractivity contribution in [3.63, 3.8) is 0 Å². The Balaban J connectivity index is 2.34. The molecule has 0 saturated heterocycles. The van der Waals surface area contributed by atoms with E-state index in [1.54, 1.807) is 0 Å². The SMILES string of the molecule is Oc1ccc(F)cc1[C@H]1C=CCCC1. The minimum Gasteiger partial charge on any atom is -0.508 e. The van der Waals surface area contributed by atoms with Crippen LogP contribution in [0.2, 0.25) is 0 Å². The maximum Gasteiger partial charge on any atom is 0.123 e. The summed E-state index contributed by atoms with van der Waals surface area (Å²) in [5.41, 5.74) is 0.709. The Morgan fingerprint density at radius 3 is 2.93 bits per heavy atom. The zero-order chi connectivity index (χ0) is 9.97. The Bertz CT molecular complexity index is 357. The highest BCUT2D eigenvalue weighted by atomic mass is 19.1. The summed E-state index contributed by atoms with van der Waals surface area (Å²) in [5.74, 6) is 0.0965. The molecule has 1 aromatic carbocycles. The molecular weight excluding hydrogens is 179 g/mol. The maximum absolute atomic E-state index is 13.0. The van der Waals surface area contributed by atoms with Crippen LogP contribution in [0.25, 0.3) is 0 Å². The molecule has 0 radical (unpaired) electrons. The van der Waals surface area contributed by atoms with Crippen LogP contribution in [0.4, 0.5) is 4.39 Å². The molecule has 1 aliphatic rings. The van der Waals surface area contributed by atoms with Gasteiger partial charge in [-0.2, -0.15) is 0 Å². The molecule has 1 nitrogen and oxygen atoms in total. The summed E-state index contributed by atoms with van der Waals surface area (Å²) in [6, 6.07) is 4.13. The lowest BCUT2D eigenvalue weighted by atomic mass is 9.89. The van der Waals surface area contributed by atoms with Crippen molar-refractivity contribution in [3.05, 3.63) is 41.7 Å². The van der Waals surface area contributed by atoms with E-state index in [-0.39, 0.29) is 17.5 Å². The van der Waals surface area contributed by atoms with Crippen LogP contribution in [0.3, 0.4) is 0 Å².